The first-order chi connectivity index (χ1) is 16.0. The predicted octanol–water partition coefficient (Wildman–Crippen LogP) is 3.61. The molecule has 0 radical (unpaired) electrons. The third-order valence-corrected chi connectivity index (χ3v) is 7.13. The van der Waals surface area contributed by atoms with Crippen molar-refractivity contribution in [3.8, 4) is 0 Å². The lowest BCUT2D eigenvalue weighted by Crippen LogP contribution is -2.48. The van der Waals surface area contributed by atoms with Gasteiger partial charge in [-0.05, 0) is 49.3 Å². The Balaban J connectivity index is 1.61. The second kappa shape index (κ2) is 12.5. The maximum absolute atomic E-state index is 13.7. The van der Waals surface area contributed by atoms with Gasteiger partial charge in [0.1, 0.15) is 5.54 Å². The SMILES string of the molecule is CCCCNC(O)NCc1ccc(CN2C(=O)C(CCCC)(C3CCCCC3)N=C2N)cc1. The van der Waals surface area contributed by atoms with Crippen LogP contribution in [-0.2, 0) is 17.9 Å². The van der Waals surface area contributed by atoms with E-state index in [4.69, 9.17) is 10.7 Å². The molecule has 1 aromatic rings. The number of carbonyl (C=O) groups excluding carboxylic acids is 1. The Morgan fingerprint density at radius 3 is 2.42 bits per heavy atom. The van der Waals surface area contributed by atoms with Crippen molar-refractivity contribution in [1.82, 2.24) is 15.5 Å². The summed E-state index contributed by atoms with van der Waals surface area (Å²) in [5.41, 5.74) is 7.78. The number of rotatable bonds is 13. The van der Waals surface area contributed by atoms with Crippen LogP contribution in [0.1, 0.15) is 89.2 Å². The highest BCUT2D eigenvalue weighted by Gasteiger charge is 2.52. The molecule has 0 saturated heterocycles. The number of carbonyl (C=O) groups is 1. The maximum atomic E-state index is 13.7. The van der Waals surface area contributed by atoms with E-state index in [1.165, 1.54) is 19.3 Å². The average Bonchev–Trinajstić information content (AvgIpc) is 3.08. The molecule has 1 heterocycles. The van der Waals surface area contributed by atoms with E-state index in [1.54, 1.807) is 4.90 Å². The predicted molar refractivity (Wildman–Crippen MR) is 133 cm³/mol. The van der Waals surface area contributed by atoms with E-state index >= 15 is 0 Å². The summed E-state index contributed by atoms with van der Waals surface area (Å²) in [6.45, 7) is 6.09. The molecule has 1 aliphatic heterocycles. The van der Waals surface area contributed by atoms with Gasteiger partial charge in [0.2, 0.25) is 0 Å². The van der Waals surface area contributed by atoms with Crippen LogP contribution in [-0.4, -0.2) is 40.3 Å². The Kier molecular flexibility index (Phi) is 9.71. The fourth-order valence-electron chi connectivity index (χ4n) is 5.11. The molecule has 2 unspecified atom stereocenters. The summed E-state index contributed by atoms with van der Waals surface area (Å²) in [4.78, 5) is 20.2. The van der Waals surface area contributed by atoms with Crippen molar-refractivity contribution in [2.45, 2.75) is 103 Å². The molecule has 1 aliphatic carbocycles. The van der Waals surface area contributed by atoms with Gasteiger partial charge in [-0.3, -0.25) is 20.3 Å². The highest BCUT2D eigenvalue weighted by molar-refractivity contribution is 6.06. The lowest BCUT2D eigenvalue weighted by atomic mass is 9.72. The van der Waals surface area contributed by atoms with Crippen LogP contribution in [0.15, 0.2) is 29.3 Å². The summed E-state index contributed by atoms with van der Waals surface area (Å²) in [5, 5.41) is 16.1. The number of hydrogen-bond donors (Lipinski definition) is 4. The first-order valence-electron chi connectivity index (χ1n) is 12.9. The highest BCUT2D eigenvalue weighted by atomic mass is 16.3. The summed E-state index contributed by atoms with van der Waals surface area (Å²) in [6, 6.07) is 8.11. The fraction of sp³-hybridized carbons (Fsp3) is 0.692. The molecule has 33 heavy (non-hydrogen) atoms. The molecule has 1 saturated carbocycles. The number of aliphatic hydroxyl groups excluding tert-OH is 1. The van der Waals surface area contributed by atoms with Gasteiger partial charge in [0.05, 0.1) is 6.54 Å². The molecular formula is C26H43N5O2. The van der Waals surface area contributed by atoms with Crippen molar-refractivity contribution in [3.63, 3.8) is 0 Å². The standard InChI is InChI=1S/C26H43N5O2/c1-3-5-16-26(22-10-8-7-9-11-22)23(32)31(24(27)30-26)19-21-14-12-20(13-15-21)18-29-25(33)28-17-6-4-2/h12-15,22,25,28-29,33H,3-11,16-19H2,1-2H3,(H2,27,30). The number of guanidine groups is 1. The molecule has 1 aromatic carbocycles. The molecule has 184 valence electrons. The molecule has 7 heteroatoms. The molecule has 0 aromatic heterocycles. The van der Waals surface area contributed by atoms with Crippen molar-refractivity contribution < 1.29 is 9.90 Å². The van der Waals surface area contributed by atoms with Gasteiger partial charge in [-0.25, -0.2) is 4.99 Å². The van der Waals surface area contributed by atoms with Crippen LogP contribution in [0.5, 0.6) is 0 Å². The zero-order valence-electron chi connectivity index (χ0n) is 20.5. The summed E-state index contributed by atoms with van der Waals surface area (Å²) in [5.74, 6) is 0.765. The van der Waals surface area contributed by atoms with E-state index in [1.807, 2.05) is 24.3 Å². The molecule has 7 nitrogen and oxygen atoms in total. The minimum absolute atomic E-state index is 0.0902. The van der Waals surface area contributed by atoms with Gasteiger partial charge in [-0.1, -0.05) is 76.6 Å². The number of benzene rings is 1. The monoisotopic (exact) mass is 457 g/mol. The van der Waals surface area contributed by atoms with E-state index in [2.05, 4.69) is 24.5 Å². The zero-order valence-corrected chi connectivity index (χ0v) is 20.5. The van der Waals surface area contributed by atoms with E-state index in [9.17, 15) is 9.90 Å². The molecule has 5 N–H and O–H groups in total. The van der Waals surface area contributed by atoms with Crippen LogP contribution in [0.4, 0.5) is 0 Å². The van der Waals surface area contributed by atoms with Gasteiger partial charge in [0.15, 0.2) is 12.3 Å². The first-order valence-corrected chi connectivity index (χ1v) is 12.9. The van der Waals surface area contributed by atoms with Crippen LogP contribution >= 0.6 is 0 Å². The van der Waals surface area contributed by atoms with Gasteiger partial charge >= 0.3 is 0 Å². The van der Waals surface area contributed by atoms with Crippen LogP contribution in [0.25, 0.3) is 0 Å². The van der Waals surface area contributed by atoms with Crippen LogP contribution in [0.3, 0.4) is 0 Å². The maximum Gasteiger partial charge on any atom is 0.257 e. The van der Waals surface area contributed by atoms with Crippen molar-refractivity contribution >= 4 is 11.9 Å². The molecule has 1 amide bonds. The van der Waals surface area contributed by atoms with E-state index in [0.717, 1.165) is 62.6 Å². The number of hydrogen-bond acceptors (Lipinski definition) is 6. The molecule has 2 aliphatic rings. The lowest BCUT2D eigenvalue weighted by molar-refractivity contribution is -0.134. The number of nitrogens with one attached hydrogen (secondary N) is 2. The second-order valence-corrected chi connectivity index (χ2v) is 9.63. The number of amides is 1. The van der Waals surface area contributed by atoms with Crippen LogP contribution in [0, 0.1) is 5.92 Å². The number of aliphatic imine (C=N–C) groups is 1. The van der Waals surface area contributed by atoms with E-state index in [-0.39, 0.29) is 5.91 Å². The molecule has 0 spiro atoms. The highest BCUT2D eigenvalue weighted by Crippen LogP contribution is 2.42. The number of nitrogens with two attached hydrogens (primary N) is 1. The summed E-state index contributed by atoms with van der Waals surface area (Å²) < 4.78 is 0. The molecule has 0 bridgehead atoms. The van der Waals surface area contributed by atoms with Crippen LogP contribution < -0.4 is 16.4 Å². The van der Waals surface area contributed by atoms with E-state index in [0.29, 0.717) is 25.0 Å². The van der Waals surface area contributed by atoms with Crippen molar-refractivity contribution in [3.05, 3.63) is 35.4 Å². The minimum Gasteiger partial charge on any atom is -0.369 e. The van der Waals surface area contributed by atoms with Gasteiger partial charge in [0.25, 0.3) is 5.91 Å². The smallest absolute Gasteiger partial charge is 0.257 e. The van der Waals surface area contributed by atoms with Gasteiger partial charge in [0, 0.05) is 6.54 Å². The third kappa shape index (κ3) is 6.55. The second-order valence-electron chi connectivity index (χ2n) is 9.63. The molecule has 3 rings (SSSR count). The van der Waals surface area contributed by atoms with Crippen molar-refractivity contribution in [1.29, 1.82) is 0 Å². The minimum atomic E-state index is -0.717. The van der Waals surface area contributed by atoms with E-state index < -0.39 is 11.9 Å². The number of nitrogens with zero attached hydrogens (tertiary/aromatic N) is 2. The Labute approximate surface area is 199 Å². The normalized spacial score (nSPS) is 22.6. The third-order valence-electron chi connectivity index (χ3n) is 7.13. The largest absolute Gasteiger partial charge is 0.369 e. The van der Waals surface area contributed by atoms with Crippen molar-refractivity contribution in [2.24, 2.45) is 16.6 Å². The van der Waals surface area contributed by atoms with Crippen molar-refractivity contribution in [2.75, 3.05) is 6.54 Å². The number of unbranched alkanes of at least 4 members (excludes halogenated alkanes) is 2. The average molecular weight is 458 g/mol. The fourth-order valence-corrected chi connectivity index (χ4v) is 5.11. The Hall–Kier alpha value is -1.96. The Morgan fingerprint density at radius 2 is 1.76 bits per heavy atom. The first kappa shape index (κ1) is 25.7. The zero-order chi connectivity index (χ0) is 23.7. The summed E-state index contributed by atoms with van der Waals surface area (Å²) >= 11 is 0. The van der Waals surface area contributed by atoms with Gasteiger partial charge in [-0.15, -0.1) is 0 Å². The van der Waals surface area contributed by atoms with Crippen LogP contribution in [0.2, 0.25) is 0 Å². The Bertz CT molecular complexity index is 775. The lowest BCUT2D eigenvalue weighted by Gasteiger charge is -2.36. The number of aliphatic hydroxyl groups is 1. The molecular weight excluding hydrogens is 414 g/mol. The topological polar surface area (TPSA) is 103 Å². The van der Waals surface area contributed by atoms with Gasteiger partial charge < -0.3 is 10.8 Å². The Morgan fingerprint density at radius 1 is 1.09 bits per heavy atom. The quantitative estimate of drug-likeness (QED) is 0.268. The summed E-state index contributed by atoms with van der Waals surface area (Å²) in [6.07, 6.45) is 10.0. The molecule has 2 atom stereocenters. The van der Waals surface area contributed by atoms with Gasteiger partial charge in [-0.2, -0.15) is 0 Å². The molecule has 1 fully saturated rings. The summed E-state index contributed by atoms with van der Waals surface area (Å²) in [7, 11) is 0.